The van der Waals surface area contributed by atoms with Crippen molar-refractivity contribution in [2.24, 2.45) is 0 Å². The molecule has 3 rings (SSSR count). The summed E-state index contributed by atoms with van der Waals surface area (Å²) < 4.78 is 5.73. The number of carbonyl (C=O) groups is 2. The molecule has 1 fully saturated rings. The third-order valence-electron chi connectivity index (χ3n) is 4.15. The number of hydrogen-bond donors (Lipinski definition) is 2. The molecule has 2 heterocycles. The Labute approximate surface area is 134 Å². The van der Waals surface area contributed by atoms with Gasteiger partial charge in [0.05, 0.1) is 6.10 Å². The molecule has 1 aromatic carbocycles. The number of benzene rings is 1. The number of ether oxygens (including phenoxy) is 1. The molecule has 0 aliphatic carbocycles. The summed E-state index contributed by atoms with van der Waals surface area (Å²) in [4.78, 5) is 28.9. The average Bonchev–Trinajstić information content (AvgIpc) is 3.20. The zero-order chi connectivity index (χ0) is 16.4. The molecule has 0 bridgehead atoms. The lowest BCUT2D eigenvalue weighted by molar-refractivity contribution is -0.140. The topological polar surface area (TPSA) is 74.4 Å². The fourth-order valence-corrected chi connectivity index (χ4v) is 2.91. The average molecular weight is 315 g/mol. The van der Waals surface area contributed by atoms with Crippen molar-refractivity contribution < 1.29 is 14.3 Å². The highest BCUT2D eigenvalue weighted by atomic mass is 16.5. The molecule has 2 N–H and O–H groups in total. The van der Waals surface area contributed by atoms with Crippen LogP contribution in [0, 0.1) is 0 Å². The molecule has 0 saturated carbocycles. The fourth-order valence-electron chi connectivity index (χ4n) is 2.91. The van der Waals surface area contributed by atoms with E-state index >= 15 is 0 Å². The van der Waals surface area contributed by atoms with Gasteiger partial charge in [-0.05, 0) is 31.0 Å². The molecule has 0 spiro atoms. The summed E-state index contributed by atoms with van der Waals surface area (Å²) in [5.41, 5.74) is 1.58. The number of fused-ring (bicyclic) bond motifs is 1. The van der Waals surface area contributed by atoms with Crippen LogP contribution in [0.4, 0.5) is 0 Å². The Hall–Kier alpha value is -2.34. The van der Waals surface area contributed by atoms with Gasteiger partial charge in [0.25, 0.3) is 11.8 Å². The van der Waals surface area contributed by atoms with Crippen molar-refractivity contribution in [1.29, 1.82) is 0 Å². The van der Waals surface area contributed by atoms with Crippen LogP contribution >= 0.6 is 0 Å². The summed E-state index contributed by atoms with van der Waals surface area (Å²) in [5, 5.41) is 3.81. The molecule has 1 saturated heterocycles. The molecule has 1 aromatic heterocycles. The van der Waals surface area contributed by atoms with E-state index in [1.54, 1.807) is 20.2 Å². The largest absolute Gasteiger partial charge is 0.363 e. The Balaban J connectivity index is 1.58. The number of nitrogens with one attached hydrogen (secondary N) is 2. The van der Waals surface area contributed by atoms with Gasteiger partial charge in [0.1, 0.15) is 6.10 Å². The molecule has 2 aromatic rings. The molecule has 23 heavy (non-hydrogen) atoms. The molecule has 2 amide bonds. The predicted molar refractivity (Wildman–Crippen MR) is 87.2 cm³/mol. The second-order valence-corrected chi connectivity index (χ2v) is 6.01. The number of amides is 2. The highest BCUT2D eigenvalue weighted by molar-refractivity contribution is 6.06. The van der Waals surface area contributed by atoms with Crippen molar-refractivity contribution in [3.05, 3.63) is 36.0 Å². The summed E-state index contributed by atoms with van der Waals surface area (Å²) in [6.07, 6.45) is 2.79. The van der Waals surface area contributed by atoms with Crippen LogP contribution in [0.5, 0.6) is 0 Å². The van der Waals surface area contributed by atoms with Gasteiger partial charge < -0.3 is 19.9 Å². The first-order valence-electron chi connectivity index (χ1n) is 7.77. The number of aromatic nitrogens is 1. The Morgan fingerprint density at radius 2 is 2.13 bits per heavy atom. The van der Waals surface area contributed by atoms with Gasteiger partial charge in [0, 0.05) is 43.3 Å². The van der Waals surface area contributed by atoms with Crippen LogP contribution in [0.3, 0.4) is 0 Å². The van der Waals surface area contributed by atoms with E-state index in [1.165, 1.54) is 4.90 Å². The van der Waals surface area contributed by atoms with Gasteiger partial charge in [0.15, 0.2) is 0 Å². The maximum Gasteiger partial charge on any atom is 0.252 e. The van der Waals surface area contributed by atoms with E-state index in [-0.39, 0.29) is 24.0 Å². The van der Waals surface area contributed by atoms with Gasteiger partial charge in [-0.2, -0.15) is 0 Å². The predicted octanol–water partition coefficient (Wildman–Crippen LogP) is 1.53. The first-order valence-corrected chi connectivity index (χ1v) is 7.77. The first-order chi connectivity index (χ1) is 11.1. The molecular weight excluding hydrogens is 294 g/mol. The van der Waals surface area contributed by atoms with Crippen molar-refractivity contribution in [3.63, 3.8) is 0 Å². The minimum Gasteiger partial charge on any atom is -0.363 e. The molecule has 6 heteroatoms. The maximum atomic E-state index is 12.4. The zero-order valence-corrected chi connectivity index (χ0v) is 13.3. The highest BCUT2D eigenvalue weighted by Crippen LogP contribution is 2.21. The lowest BCUT2D eigenvalue weighted by atomic mass is 10.1. The quantitative estimate of drug-likeness (QED) is 0.898. The number of carbonyl (C=O) groups excluding carboxylic acids is 2. The molecule has 0 radical (unpaired) electrons. The fraction of sp³-hybridized carbons (Fsp3) is 0.412. The number of aromatic amines is 1. The second-order valence-electron chi connectivity index (χ2n) is 6.01. The summed E-state index contributed by atoms with van der Waals surface area (Å²) >= 11 is 0. The maximum absolute atomic E-state index is 12.4. The SMILES string of the molecule is CN(C)C(=O)C1CCC(CNC(=O)c2cccc3[nH]ccc23)O1. The van der Waals surface area contributed by atoms with E-state index in [2.05, 4.69) is 10.3 Å². The second kappa shape index (κ2) is 6.42. The number of nitrogens with zero attached hydrogens (tertiary/aromatic N) is 1. The monoisotopic (exact) mass is 315 g/mol. The van der Waals surface area contributed by atoms with Crippen LogP contribution in [0.15, 0.2) is 30.5 Å². The summed E-state index contributed by atoms with van der Waals surface area (Å²) in [6, 6.07) is 7.48. The van der Waals surface area contributed by atoms with E-state index in [4.69, 9.17) is 4.74 Å². The van der Waals surface area contributed by atoms with Crippen molar-refractivity contribution in [2.75, 3.05) is 20.6 Å². The van der Waals surface area contributed by atoms with Crippen molar-refractivity contribution in [2.45, 2.75) is 25.0 Å². The van der Waals surface area contributed by atoms with E-state index in [0.717, 1.165) is 17.3 Å². The minimum absolute atomic E-state index is 0.0177. The van der Waals surface area contributed by atoms with Crippen LogP contribution < -0.4 is 5.32 Å². The van der Waals surface area contributed by atoms with Gasteiger partial charge in [-0.3, -0.25) is 9.59 Å². The smallest absolute Gasteiger partial charge is 0.252 e. The molecular formula is C17H21N3O3. The van der Waals surface area contributed by atoms with E-state index in [9.17, 15) is 9.59 Å². The van der Waals surface area contributed by atoms with Crippen LogP contribution in [-0.4, -0.2) is 54.5 Å². The zero-order valence-electron chi connectivity index (χ0n) is 13.3. The van der Waals surface area contributed by atoms with Crippen molar-refractivity contribution in [3.8, 4) is 0 Å². The van der Waals surface area contributed by atoms with E-state index in [1.807, 2.05) is 24.4 Å². The molecule has 122 valence electrons. The molecule has 1 aliphatic rings. The Kier molecular flexibility index (Phi) is 4.34. The number of hydrogen-bond acceptors (Lipinski definition) is 3. The van der Waals surface area contributed by atoms with Crippen LogP contribution in [0.2, 0.25) is 0 Å². The first kappa shape index (κ1) is 15.6. The Morgan fingerprint density at radius 1 is 1.30 bits per heavy atom. The van der Waals surface area contributed by atoms with Crippen LogP contribution in [0.1, 0.15) is 23.2 Å². The molecule has 2 atom stereocenters. The van der Waals surface area contributed by atoms with Crippen molar-refractivity contribution >= 4 is 22.7 Å². The van der Waals surface area contributed by atoms with Crippen LogP contribution in [-0.2, 0) is 9.53 Å². The Bertz CT molecular complexity index is 723. The third-order valence-corrected chi connectivity index (χ3v) is 4.15. The van der Waals surface area contributed by atoms with Gasteiger partial charge in [-0.1, -0.05) is 6.07 Å². The number of H-pyrrole nitrogens is 1. The van der Waals surface area contributed by atoms with Crippen LogP contribution in [0.25, 0.3) is 10.9 Å². The highest BCUT2D eigenvalue weighted by Gasteiger charge is 2.31. The summed E-state index contributed by atoms with van der Waals surface area (Å²) in [6.45, 7) is 0.414. The van der Waals surface area contributed by atoms with Gasteiger partial charge in [0.2, 0.25) is 0 Å². The standard InChI is InChI=1S/C17H21N3O3/c1-20(2)17(22)15-7-6-11(23-15)10-19-16(21)13-4-3-5-14-12(13)8-9-18-14/h3-5,8-9,11,15,18H,6-7,10H2,1-2H3,(H,19,21). The van der Waals surface area contributed by atoms with Gasteiger partial charge in [-0.25, -0.2) is 0 Å². The molecule has 6 nitrogen and oxygen atoms in total. The lowest BCUT2D eigenvalue weighted by Gasteiger charge is -2.17. The Morgan fingerprint density at radius 3 is 2.91 bits per heavy atom. The minimum atomic E-state index is -0.389. The van der Waals surface area contributed by atoms with E-state index < -0.39 is 0 Å². The third kappa shape index (κ3) is 3.22. The molecule has 1 aliphatic heterocycles. The van der Waals surface area contributed by atoms with Gasteiger partial charge >= 0.3 is 0 Å². The number of likely N-dealkylation sites (N-methyl/N-ethyl adjacent to an activating group) is 1. The summed E-state index contributed by atoms with van der Waals surface area (Å²) in [7, 11) is 3.44. The summed E-state index contributed by atoms with van der Waals surface area (Å²) in [5.74, 6) is -0.142. The van der Waals surface area contributed by atoms with E-state index in [0.29, 0.717) is 18.5 Å². The van der Waals surface area contributed by atoms with Gasteiger partial charge in [-0.15, -0.1) is 0 Å². The van der Waals surface area contributed by atoms with Crippen molar-refractivity contribution in [1.82, 2.24) is 15.2 Å². The lowest BCUT2D eigenvalue weighted by Crippen LogP contribution is -2.36. The molecule has 2 unspecified atom stereocenters. The normalized spacial score (nSPS) is 20.6. The number of rotatable bonds is 4.